The molecule has 2 aliphatic rings. The molecule has 88 valence electrons. The highest BCUT2D eigenvalue weighted by Gasteiger charge is 2.44. The van der Waals surface area contributed by atoms with Gasteiger partial charge in [0, 0.05) is 18.1 Å². The molecule has 0 unspecified atom stereocenters. The van der Waals surface area contributed by atoms with E-state index >= 15 is 0 Å². The number of rotatable bonds is 3. The zero-order valence-electron chi connectivity index (χ0n) is 10.6. The number of nitrogens with zero attached hydrogens (tertiary/aromatic N) is 1. The largest absolute Gasteiger partial charge is 0.329 e. The molecule has 2 aliphatic carbocycles. The third-order valence-electron chi connectivity index (χ3n) is 4.76. The maximum absolute atomic E-state index is 6.05. The molecule has 2 rings (SSSR count). The molecule has 0 aromatic rings. The first-order valence-electron chi connectivity index (χ1n) is 6.42. The van der Waals surface area contributed by atoms with Crippen LogP contribution in [0.15, 0.2) is 0 Å². The lowest BCUT2D eigenvalue weighted by atomic mass is 9.68. The summed E-state index contributed by atoms with van der Waals surface area (Å²) in [6, 6.07) is 0.842. The van der Waals surface area contributed by atoms with Gasteiger partial charge in [-0.05, 0) is 51.0 Å². The second-order valence-corrected chi connectivity index (χ2v) is 6.43. The average Bonchev–Trinajstić information content (AvgIpc) is 3.01. The van der Waals surface area contributed by atoms with Gasteiger partial charge in [0.05, 0.1) is 0 Å². The highest BCUT2D eigenvalue weighted by atomic mass is 15.2. The van der Waals surface area contributed by atoms with Crippen molar-refractivity contribution < 1.29 is 0 Å². The third kappa shape index (κ3) is 2.21. The molecular formula is C13H26N2. The van der Waals surface area contributed by atoms with Crippen LogP contribution in [-0.2, 0) is 0 Å². The van der Waals surface area contributed by atoms with Crippen LogP contribution in [0.3, 0.4) is 0 Å². The Kier molecular flexibility index (Phi) is 2.85. The van der Waals surface area contributed by atoms with Gasteiger partial charge >= 0.3 is 0 Å². The van der Waals surface area contributed by atoms with Gasteiger partial charge in [-0.2, -0.15) is 0 Å². The number of hydrogen-bond donors (Lipinski definition) is 1. The summed E-state index contributed by atoms with van der Waals surface area (Å²) in [5, 5.41) is 0. The van der Waals surface area contributed by atoms with Crippen molar-refractivity contribution >= 4 is 0 Å². The van der Waals surface area contributed by atoms with Gasteiger partial charge in [-0.1, -0.05) is 13.8 Å². The van der Waals surface area contributed by atoms with Crippen molar-refractivity contribution in [3.63, 3.8) is 0 Å². The normalized spacial score (nSPS) is 29.4. The predicted molar refractivity (Wildman–Crippen MR) is 64.8 cm³/mol. The summed E-state index contributed by atoms with van der Waals surface area (Å²) in [5.74, 6) is 0. The fraction of sp³-hybridized carbons (Fsp3) is 1.00. The van der Waals surface area contributed by atoms with Crippen molar-refractivity contribution in [2.45, 2.75) is 64.0 Å². The minimum absolute atomic E-state index is 0.330. The molecule has 2 nitrogen and oxygen atoms in total. The Morgan fingerprint density at radius 2 is 1.67 bits per heavy atom. The minimum Gasteiger partial charge on any atom is -0.329 e. The maximum atomic E-state index is 6.05. The Balaban J connectivity index is 2.03. The van der Waals surface area contributed by atoms with E-state index in [1.165, 1.54) is 38.5 Å². The van der Waals surface area contributed by atoms with E-state index in [9.17, 15) is 0 Å². The second kappa shape index (κ2) is 3.74. The van der Waals surface area contributed by atoms with E-state index in [0.29, 0.717) is 11.0 Å². The molecule has 0 radical (unpaired) electrons. The lowest BCUT2D eigenvalue weighted by Crippen LogP contribution is -2.55. The molecule has 0 aromatic carbocycles. The first kappa shape index (κ1) is 11.4. The van der Waals surface area contributed by atoms with Crippen molar-refractivity contribution in [3.8, 4) is 0 Å². The quantitative estimate of drug-likeness (QED) is 0.775. The van der Waals surface area contributed by atoms with Gasteiger partial charge in [-0.25, -0.2) is 0 Å². The zero-order valence-corrected chi connectivity index (χ0v) is 10.6. The molecule has 0 spiro atoms. The van der Waals surface area contributed by atoms with Crippen molar-refractivity contribution in [2.75, 3.05) is 13.6 Å². The van der Waals surface area contributed by atoms with Crippen LogP contribution < -0.4 is 5.73 Å². The molecule has 0 aromatic heterocycles. The van der Waals surface area contributed by atoms with Gasteiger partial charge in [0.2, 0.25) is 0 Å². The number of nitrogens with two attached hydrogens (primary N) is 1. The average molecular weight is 210 g/mol. The highest BCUT2D eigenvalue weighted by molar-refractivity contribution is 5.01. The van der Waals surface area contributed by atoms with Crippen LogP contribution in [-0.4, -0.2) is 30.1 Å². The van der Waals surface area contributed by atoms with Gasteiger partial charge < -0.3 is 5.73 Å². The SMILES string of the molecule is CN(C1CC1)C1(CN)CCC(C)(C)CC1. The summed E-state index contributed by atoms with van der Waals surface area (Å²) >= 11 is 0. The fourth-order valence-electron chi connectivity index (χ4n) is 2.94. The molecular weight excluding hydrogens is 184 g/mol. The smallest absolute Gasteiger partial charge is 0.0332 e. The topological polar surface area (TPSA) is 29.3 Å². The Labute approximate surface area is 94.2 Å². The molecule has 0 amide bonds. The van der Waals surface area contributed by atoms with E-state index < -0.39 is 0 Å². The van der Waals surface area contributed by atoms with Crippen molar-refractivity contribution in [1.29, 1.82) is 0 Å². The van der Waals surface area contributed by atoms with E-state index in [-0.39, 0.29) is 0 Å². The molecule has 2 fully saturated rings. The zero-order chi connectivity index (χ0) is 11.1. The minimum atomic E-state index is 0.330. The Bertz CT molecular complexity index is 221. The summed E-state index contributed by atoms with van der Waals surface area (Å²) < 4.78 is 0. The van der Waals surface area contributed by atoms with Gasteiger partial charge in [0.15, 0.2) is 0 Å². The van der Waals surface area contributed by atoms with Crippen LogP contribution >= 0.6 is 0 Å². The van der Waals surface area contributed by atoms with Gasteiger partial charge in [-0.15, -0.1) is 0 Å². The van der Waals surface area contributed by atoms with Crippen LogP contribution in [0.5, 0.6) is 0 Å². The van der Waals surface area contributed by atoms with Crippen molar-refractivity contribution in [3.05, 3.63) is 0 Å². The van der Waals surface area contributed by atoms with E-state index in [4.69, 9.17) is 5.73 Å². The van der Waals surface area contributed by atoms with Crippen LogP contribution in [0.2, 0.25) is 0 Å². The number of hydrogen-bond acceptors (Lipinski definition) is 2. The molecule has 2 heteroatoms. The van der Waals surface area contributed by atoms with Gasteiger partial charge in [0.25, 0.3) is 0 Å². The lowest BCUT2D eigenvalue weighted by molar-refractivity contribution is 0.0361. The van der Waals surface area contributed by atoms with Crippen molar-refractivity contribution in [1.82, 2.24) is 4.90 Å². The Hall–Kier alpha value is -0.0800. The lowest BCUT2D eigenvalue weighted by Gasteiger charge is -2.48. The van der Waals surface area contributed by atoms with Gasteiger partial charge in [0.1, 0.15) is 0 Å². The van der Waals surface area contributed by atoms with E-state index in [1.807, 2.05) is 0 Å². The maximum Gasteiger partial charge on any atom is 0.0332 e. The van der Waals surface area contributed by atoms with Gasteiger partial charge in [-0.3, -0.25) is 4.90 Å². The molecule has 15 heavy (non-hydrogen) atoms. The number of likely N-dealkylation sites (N-methyl/N-ethyl adjacent to an activating group) is 1. The first-order chi connectivity index (χ1) is 6.99. The van der Waals surface area contributed by atoms with Crippen LogP contribution in [0, 0.1) is 5.41 Å². The predicted octanol–water partition coefficient (Wildman–Crippen LogP) is 2.38. The van der Waals surface area contributed by atoms with E-state index in [2.05, 4.69) is 25.8 Å². The van der Waals surface area contributed by atoms with Crippen molar-refractivity contribution in [2.24, 2.45) is 11.1 Å². The van der Waals surface area contributed by atoms with Crippen LogP contribution in [0.1, 0.15) is 52.4 Å². The molecule has 0 aliphatic heterocycles. The van der Waals surface area contributed by atoms with Crippen LogP contribution in [0.25, 0.3) is 0 Å². The van der Waals surface area contributed by atoms with E-state index in [0.717, 1.165) is 12.6 Å². The Morgan fingerprint density at radius 3 is 2.07 bits per heavy atom. The monoisotopic (exact) mass is 210 g/mol. The first-order valence-corrected chi connectivity index (χ1v) is 6.42. The summed E-state index contributed by atoms with van der Waals surface area (Å²) in [5.41, 5.74) is 6.93. The molecule has 2 N–H and O–H groups in total. The Morgan fingerprint density at radius 1 is 1.13 bits per heavy atom. The summed E-state index contributed by atoms with van der Waals surface area (Å²) in [7, 11) is 2.29. The highest BCUT2D eigenvalue weighted by Crippen LogP contribution is 2.45. The second-order valence-electron chi connectivity index (χ2n) is 6.43. The fourth-order valence-corrected chi connectivity index (χ4v) is 2.94. The third-order valence-corrected chi connectivity index (χ3v) is 4.76. The summed E-state index contributed by atoms with van der Waals surface area (Å²) in [6.45, 7) is 5.63. The molecule has 0 saturated heterocycles. The van der Waals surface area contributed by atoms with Crippen LogP contribution in [0.4, 0.5) is 0 Å². The molecule has 0 heterocycles. The van der Waals surface area contributed by atoms with E-state index in [1.54, 1.807) is 0 Å². The molecule has 0 atom stereocenters. The molecule has 0 bridgehead atoms. The molecule has 2 saturated carbocycles. The standard InChI is InChI=1S/C13H26N2/c1-12(2)6-8-13(10-14,9-7-12)15(3)11-4-5-11/h11H,4-10,14H2,1-3H3. The summed E-state index contributed by atoms with van der Waals surface area (Å²) in [4.78, 5) is 2.60. The summed E-state index contributed by atoms with van der Waals surface area (Å²) in [6.07, 6.45) is 8.04.